The van der Waals surface area contributed by atoms with Gasteiger partial charge in [0.05, 0.1) is 49.5 Å². The largest absolute Gasteiger partial charge is 0.466 e. The number of ether oxygens (including phenoxy) is 2. The molecule has 7 rings (SSSR count). The normalized spacial score (nSPS) is 23.3. The minimum absolute atomic E-state index is 0.0791. The molecule has 3 aliphatic rings. The summed E-state index contributed by atoms with van der Waals surface area (Å²) in [4.78, 5) is 56.5. The molecule has 2 aliphatic carbocycles. The van der Waals surface area contributed by atoms with Gasteiger partial charge < -0.3 is 29.7 Å². The Labute approximate surface area is 292 Å². The highest BCUT2D eigenvalue weighted by Gasteiger charge is 2.53. The smallest absolute Gasteiger partial charge is 0.407 e. The highest BCUT2D eigenvalue weighted by atomic mass is 16.5. The van der Waals surface area contributed by atoms with Crippen molar-refractivity contribution in [3.8, 4) is 33.6 Å². The van der Waals surface area contributed by atoms with Gasteiger partial charge in [0.15, 0.2) is 0 Å². The second-order valence-electron chi connectivity index (χ2n) is 14.2. The van der Waals surface area contributed by atoms with Gasteiger partial charge in [-0.25, -0.2) is 14.8 Å². The highest BCUT2D eigenvalue weighted by molar-refractivity contribution is 5.86. The fourth-order valence-corrected chi connectivity index (χ4v) is 8.45. The van der Waals surface area contributed by atoms with E-state index in [-0.39, 0.29) is 35.7 Å². The molecular weight excluding hydrogens is 632 g/mol. The number of benzene rings is 2. The van der Waals surface area contributed by atoms with Gasteiger partial charge in [-0.3, -0.25) is 9.59 Å². The maximum atomic E-state index is 13.5. The molecule has 4 aromatic rings. The quantitative estimate of drug-likeness (QED) is 0.155. The molecule has 6 atom stereocenters. The number of aromatic amines is 2. The SMILES string of the molecule is CCOC(=O)C1C2CCC(C2)C1c1ncc(-c2ccc(-c3ccc(-c4cnc([C@@H]5CCCN5C(=O)[C@@H](NC(=O)OC)C(C)C)[nH]4)cc3)cc2)[nH]1. The number of nitrogens with zero attached hydrogens (tertiary/aromatic N) is 3. The van der Waals surface area contributed by atoms with Crippen molar-refractivity contribution in [2.24, 2.45) is 23.7 Å². The fourth-order valence-electron chi connectivity index (χ4n) is 8.45. The first kappa shape index (κ1) is 33.6. The van der Waals surface area contributed by atoms with Crippen molar-refractivity contribution >= 4 is 18.0 Å². The number of likely N-dealkylation sites (tertiary alicyclic amines) is 1. The van der Waals surface area contributed by atoms with E-state index in [4.69, 9.17) is 14.5 Å². The van der Waals surface area contributed by atoms with E-state index in [1.54, 1.807) is 0 Å². The van der Waals surface area contributed by atoms with E-state index in [2.05, 4.69) is 68.8 Å². The molecule has 4 unspecified atom stereocenters. The number of methoxy groups -OCH3 is 1. The van der Waals surface area contributed by atoms with Gasteiger partial charge in [0.25, 0.3) is 0 Å². The van der Waals surface area contributed by atoms with Crippen LogP contribution in [0.25, 0.3) is 33.6 Å². The van der Waals surface area contributed by atoms with Crippen LogP contribution >= 0.6 is 0 Å². The second-order valence-corrected chi connectivity index (χ2v) is 14.2. The molecule has 2 bridgehead atoms. The molecule has 1 aliphatic heterocycles. The van der Waals surface area contributed by atoms with Gasteiger partial charge in [0.1, 0.15) is 17.7 Å². The number of carbonyl (C=O) groups is 3. The Balaban J connectivity index is 1.02. The van der Waals surface area contributed by atoms with Crippen molar-refractivity contribution in [2.75, 3.05) is 20.3 Å². The highest BCUT2D eigenvalue weighted by Crippen LogP contribution is 2.56. The molecule has 2 aromatic heterocycles. The predicted molar refractivity (Wildman–Crippen MR) is 189 cm³/mol. The Hall–Kier alpha value is -4.93. The molecule has 0 radical (unpaired) electrons. The van der Waals surface area contributed by atoms with E-state index >= 15 is 0 Å². The van der Waals surface area contributed by atoms with Gasteiger partial charge in [-0.1, -0.05) is 62.4 Å². The van der Waals surface area contributed by atoms with E-state index in [1.807, 2.05) is 38.1 Å². The number of esters is 1. The third-order valence-corrected chi connectivity index (χ3v) is 10.9. The summed E-state index contributed by atoms with van der Waals surface area (Å²) in [5.41, 5.74) is 6.06. The Morgan fingerprint density at radius 3 is 2.04 bits per heavy atom. The van der Waals surface area contributed by atoms with Crippen LogP contribution in [0, 0.1) is 23.7 Å². The van der Waals surface area contributed by atoms with Crippen LogP contribution < -0.4 is 5.32 Å². The Morgan fingerprint density at radius 1 is 0.860 bits per heavy atom. The number of fused-ring (bicyclic) bond motifs is 2. The molecule has 3 fully saturated rings. The average molecular weight is 679 g/mol. The van der Waals surface area contributed by atoms with Crippen molar-refractivity contribution in [3.05, 3.63) is 72.6 Å². The Morgan fingerprint density at radius 2 is 1.44 bits per heavy atom. The van der Waals surface area contributed by atoms with Gasteiger partial charge in [0.2, 0.25) is 5.91 Å². The fraction of sp³-hybridized carbons (Fsp3) is 0.462. The lowest BCUT2D eigenvalue weighted by molar-refractivity contribution is -0.150. The number of amides is 2. The van der Waals surface area contributed by atoms with Crippen LogP contribution in [-0.4, -0.2) is 69.1 Å². The number of carbonyl (C=O) groups excluding carboxylic acids is 3. The zero-order valence-electron chi connectivity index (χ0n) is 29.1. The van der Waals surface area contributed by atoms with Crippen LogP contribution in [0.3, 0.4) is 0 Å². The first-order valence-electron chi connectivity index (χ1n) is 17.9. The molecule has 11 nitrogen and oxygen atoms in total. The lowest BCUT2D eigenvalue weighted by atomic mass is 9.79. The molecule has 50 heavy (non-hydrogen) atoms. The molecule has 2 aromatic carbocycles. The van der Waals surface area contributed by atoms with Crippen LogP contribution in [-0.2, 0) is 19.1 Å². The first-order chi connectivity index (χ1) is 24.2. The van der Waals surface area contributed by atoms with Crippen molar-refractivity contribution in [2.45, 2.75) is 70.9 Å². The molecule has 3 N–H and O–H groups in total. The summed E-state index contributed by atoms with van der Waals surface area (Å²) in [6, 6.07) is 15.9. The summed E-state index contributed by atoms with van der Waals surface area (Å²) in [6.07, 6.45) is 8.07. The van der Waals surface area contributed by atoms with Crippen LogP contribution in [0.1, 0.15) is 76.5 Å². The number of alkyl carbamates (subject to hydrolysis) is 1. The Bertz CT molecular complexity index is 1830. The molecule has 262 valence electrons. The molecular formula is C39H46N6O5. The van der Waals surface area contributed by atoms with Gasteiger partial charge in [0, 0.05) is 12.5 Å². The maximum Gasteiger partial charge on any atom is 0.407 e. The number of aromatic nitrogens is 4. The standard InChI is InChI=1S/C39H46N6O5/c1-5-50-38(47)33-28-17-16-27(19-28)32(33)36-41-21-30(43-36)26-14-10-24(11-15-26)23-8-12-25(13-9-23)29-20-40-35(42-29)31-7-6-18-45(31)37(46)34(22(2)3)44-39(48)49-4/h8-15,20-22,27-28,31-34H,5-7,16-19H2,1-4H3,(H,40,42)(H,41,43)(H,44,48)/t27?,28?,31-,32?,33?,34-/m0/s1. The number of hydrogen-bond donors (Lipinski definition) is 3. The number of H-pyrrole nitrogens is 2. The number of hydrogen-bond acceptors (Lipinski definition) is 7. The van der Waals surface area contributed by atoms with Gasteiger partial charge in [-0.15, -0.1) is 0 Å². The summed E-state index contributed by atoms with van der Waals surface area (Å²) in [5, 5.41) is 2.70. The van der Waals surface area contributed by atoms with Gasteiger partial charge in [-0.2, -0.15) is 0 Å². The molecule has 3 heterocycles. The summed E-state index contributed by atoms with van der Waals surface area (Å²) in [5.74, 6) is 2.21. The van der Waals surface area contributed by atoms with E-state index in [1.165, 1.54) is 7.11 Å². The molecule has 0 spiro atoms. The predicted octanol–water partition coefficient (Wildman–Crippen LogP) is 6.87. The second kappa shape index (κ2) is 14.1. The van der Waals surface area contributed by atoms with Crippen LogP contribution in [0.4, 0.5) is 4.79 Å². The van der Waals surface area contributed by atoms with Crippen LogP contribution in [0.15, 0.2) is 60.9 Å². The lowest BCUT2D eigenvalue weighted by Gasteiger charge is -2.30. The molecule has 11 heteroatoms. The van der Waals surface area contributed by atoms with Crippen molar-refractivity contribution in [3.63, 3.8) is 0 Å². The summed E-state index contributed by atoms with van der Waals surface area (Å²) in [6.45, 7) is 6.70. The maximum absolute atomic E-state index is 13.5. The van der Waals surface area contributed by atoms with E-state index < -0.39 is 12.1 Å². The van der Waals surface area contributed by atoms with Crippen LogP contribution in [0.2, 0.25) is 0 Å². The average Bonchev–Trinajstić information content (AvgIpc) is 3.98. The zero-order valence-corrected chi connectivity index (χ0v) is 29.1. The van der Waals surface area contributed by atoms with E-state index in [9.17, 15) is 14.4 Å². The Kier molecular flexibility index (Phi) is 9.48. The number of nitrogens with one attached hydrogen (secondary N) is 3. The van der Waals surface area contributed by atoms with Crippen molar-refractivity contribution < 1.29 is 23.9 Å². The molecule has 1 saturated heterocycles. The van der Waals surface area contributed by atoms with E-state index in [0.29, 0.717) is 25.0 Å². The van der Waals surface area contributed by atoms with Crippen LogP contribution in [0.5, 0.6) is 0 Å². The monoisotopic (exact) mass is 678 g/mol. The number of rotatable bonds is 10. The van der Waals surface area contributed by atoms with Gasteiger partial charge in [-0.05, 0) is 79.0 Å². The third kappa shape index (κ3) is 6.41. The first-order valence-corrected chi connectivity index (χ1v) is 17.9. The lowest BCUT2D eigenvalue weighted by Crippen LogP contribution is -2.51. The number of imidazole rings is 2. The van der Waals surface area contributed by atoms with Crippen molar-refractivity contribution in [1.82, 2.24) is 30.2 Å². The summed E-state index contributed by atoms with van der Waals surface area (Å²) in [7, 11) is 1.30. The minimum atomic E-state index is -0.673. The third-order valence-electron chi connectivity index (χ3n) is 10.9. The summed E-state index contributed by atoms with van der Waals surface area (Å²) < 4.78 is 10.2. The molecule has 2 amide bonds. The zero-order chi connectivity index (χ0) is 34.9. The topological polar surface area (TPSA) is 142 Å². The molecule has 2 saturated carbocycles. The summed E-state index contributed by atoms with van der Waals surface area (Å²) >= 11 is 0. The van der Waals surface area contributed by atoms with E-state index in [0.717, 1.165) is 77.4 Å². The van der Waals surface area contributed by atoms with Gasteiger partial charge >= 0.3 is 12.1 Å². The van der Waals surface area contributed by atoms with Crippen molar-refractivity contribution in [1.29, 1.82) is 0 Å². The minimum Gasteiger partial charge on any atom is -0.466 e.